The average molecular weight is 367 g/mol. The van der Waals surface area contributed by atoms with Crippen LogP contribution in [0.1, 0.15) is 5.56 Å². The highest BCUT2D eigenvalue weighted by Gasteiger charge is 2.13. The molecular formula is C13H19ClN2O2S3. The molecule has 0 amide bonds. The molecule has 118 valence electrons. The minimum absolute atomic E-state index is 0. The number of rotatable bonds is 3. The summed E-state index contributed by atoms with van der Waals surface area (Å²) in [6, 6.07) is 7.01. The van der Waals surface area contributed by atoms with Crippen LogP contribution in [0.3, 0.4) is 0 Å². The fourth-order valence-electron chi connectivity index (χ4n) is 1.92. The Kier molecular flexibility index (Phi) is 7.42. The van der Waals surface area contributed by atoms with E-state index < -0.39 is 9.84 Å². The van der Waals surface area contributed by atoms with Gasteiger partial charge in [0.25, 0.3) is 0 Å². The van der Waals surface area contributed by atoms with Crippen LogP contribution in [0.5, 0.6) is 0 Å². The van der Waals surface area contributed by atoms with E-state index in [1.165, 1.54) is 6.26 Å². The first-order valence-electron chi connectivity index (χ1n) is 6.38. The maximum atomic E-state index is 11.4. The second-order valence-electron chi connectivity index (χ2n) is 4.71. The van der Waals surface area contributed by atoms with E-state index in [1.807, 2.05) is 12.1 Å². The lowest BCUT2D eigenvalue weighted by atomic mass is 10.2. The molecule has 21 heavy (non-hydrogen) atoms. The summed E-state index contributed by atoms with van der Waals surface area (Å²) >= 11 is 7.05. The molecule has 1 aromatic rings. The molecule has 4 nitrogen and oxygen atoms in total. The summed E-state index contributed by atoms with van der Waals surface area (Å²) in [5, 5.41) is 3.30. The van der Waals surface area contributed by atoms with Gasteiger partial charge in [0.2, 0.25) is 0 Å². The molecule has 1 fully saturated rings. The third-order valence-electron chi connectivity index (χ3n) is 3.09. The highest BCUT2D eigenvalue weighted by Crippen LogP contribution is 2.18. The number of hydrogen-bond donors (Lipinski definition) is 1. The maximum Gasteiger partial charge on any atom is 0.175 e. The van der Waals surface area contributed by atoms with Gasteiger partial charge >= 0.3 is 0 Å². The molecule has 1 N–H and O–H groups in total. The smallest absolute Gasteiger partial charge is 0.175 e. The van der Waals surface area contributed by atoms with Gasteiger partial charge in [0.1, 0.15) is 4.32 Å². The Labute approximate surface area is 142 Å². The van der Waals surface area contributed by atoms with Gasteiger partial charge in [-0.1, -0.05) is 36.1 Å². The molecule has 0 bridgehead atoms. The fourth-order valence-corrected chi connectivity index (χ4v) is 3.75. The van der Waals surface area contributed by atoms with Crippen molar-refractivity contribution < 1.29 is 8.42 Å². The molecule has 1 aliphatic rings. The van der Waals surface area contributed by atoms with Gasteiger partial charge < -0.3 is 10.2 Å². The first-order chi connectivity index (χ1) is 9.47. The Bertz CT molecular complexity index is 570. The number of thiocarbonyl (C=S) groups is 1. The monoisotopic (exact) mass is 366 g/mol. The van der Waals surface area contributed by atoms with Crippen LogP contribution in [0, 0.1) is 0 Å². The normalized spacial score (nSPS) is 15.4. The van der Waals surface area contributed by atoms with E-state index in [9.17, 15) is 8.42 Å². The molecule has 0 aliphatic carbocycles. The number of nitrogens with zero attached hydrogens (tertiary/aromatic N) is 1. The number of piperazine rings is 1. The molecule has 1 heterocycles. The van der Waals surface area contributed by atoms with Crippen molar-refractivity contribution in [2.24, 2.45) is 0 Å². The Morgan fingerprint density at radius 1 is 1.29 bits per heavy atom. The van der Waals surface area contributed by atoms with E-state index in [0.717, 1.165) is 41.8 Å². The van der Waals surface area contributed by atoms with Crippen LogP contribution in [0.15, 0.2) is 29.2 Å². The van der Waals surface area contributed by atoms with Gasteiger partial charge in [-0.3, -0.25) is 0 Å². The van der Waals surface area contributed by atoms with Crippen LogP contribution >= 0.6 is 36.4 Å². The number of benzene rings is 1. The lowest BCUT2D eigenvalue weighted by Gasteiger charge is -2.29. The average Bonchev–Trinajstić information content (AvgIpc) is 2.45. The molecule has 1 aliphatic heterocycles. The Balaban J connectivity index is 0.00000220. The molecule has 2 rings (SSSR count). The van der Waals surface area contributed by atoms with Gasteiger partial charge in [0.05, 0.1) is 4.90 Å². The van der Waals surface area contributed by atoms with E-state index >= 15 is 0 Å². The highest BCUT2D eigenvalue weighted by atomic mass is 35.5. The SMILES string of the molecule is CS(=O)(=O)c1ccc(CSC(=S)N2CCNCC2)cc1.Cl. The predicted octanol–water partition coefficient (Wildman–Crippen LogP) is 1.94. The van der Waals surface area contributed by atoms with E-state index in [1.54, 1.807) is 23.9 Å². The van der Waals surface area contributed by atoms with E-state index in [-0.39, 0.29) is 12.4 Å². The number of hydrogen-bond acceptors (Lipinski definition) is 5. The fraction of sp³-hybridized carbons (Fsp3) is 0.462. The van der Waals surface area contributed by atoms with Gasteiger partial charge in [-0.05, 0) is 17.7 Å². The van der Waals surface area contributed by atoms with Crippen molar-refractivity contribution in [3.05, 3.63) is 29.8 Å². The van der Waals surface area contributed by atoms with Crippen LogP contribution in [0.2, 0.25) is 0 Å². The van der Waals surface area contributed by atoms with Crippen molar-refractivity contribution in [2.45, 2.75) is 10.6 Å². The second-order valence-corrected chi connectivity index (χ2v) is 8.33. The van der Waals surface area contributed by atoms with Crippen molar-refractivity contribution in [2.75, 3.05) is 32.4 Å². The first-order valence-corrected chi connectivity index (χ1v) is 9.67. The molecule has 8 heteroatoms. The minimum atomic E-state index is -3.12. The zero-order valence-electron chi connectivity index (χ0n) is 11.7. The summed E-state index contributed by atoms with van der Waals surface area (Å²) in [5.74, 6) is 0.771. The zero-order chi connectivity index (χ0) is 14.6. The van der Waals surface area contributed by atoms with E-state index in [2.05, 4.69) is 10.2 Å². The van der Waals surface area contributed by atoms with Crippen molar-refractivity contribution in [3.63, 3.8) is 0 Å². The number of nitrogens with one attached hydrogen (secondary N) is 1. The van der Waals surface area contributed by atoms with Gasteiger partial charge in [-0.25, -0.2) is 8.42 Å². The molecular weight excluding hydrogens is 348 g/mol. The van der Waals surface area contributed by atoms with Gasteiger partial charge in [0.15, 0.2) is 9.84 Å². The molecule has 0 saturated carbocycles. The maximum absolute atomic E-state index is 11.4. The summed E-state index contributed by atoms with van der Waals surface area (Å²) in [7, 11) is -3.12. The van der Waals surface area contributed by atoms with Gasteiger partial charge in [-0.15, -0.1) is 12.4 Å². The lowest BCUT2D eigenvalue weighted by Crippen LogP contribution is -2.44. The van der Waals surface area contributed by atoms with Crippen LogP contribution in [0.4, 0.5) is 0 Å². The molecule has 0 spiro atoms. The third kappa shape index (κ3) is 5.75. The summed E-state index contributed by atoms with van der Waals surface area (Å²) in [4.78, 5) is 2.57. The molecule has 0 aromatic heterocycles. The minimum Gasteiger partial charge on any atom is -0.355 e. The quantitative estimate of drug-likeness (QED) is 0.825. The molecule has 1 aromatic carbocycles. The van der Waals surface area contributed by atoms with Crippen LogP contribution in [-0.2, 0) is 15.6 Å². The Morgan fingerprint density at radius 2 is 1.86 bits per heavy atom. The number of thioether (sulfide) groups is 1. The largest absolute Gasteiger partial charge is 0.355 e. The first kappa shape index (κ1) is 18.7. The van der Waals surface area contributed by atoms with E-state index in [4.69, 9.17) is 12.2 Å². The third-order valence-corrected chi connectivity index (χ3v) is 5.81. The van der Waals surface area contributed by atoms with Crippen molar-refractivity contribution in [3.8, 4) is 0 Å². The van der Waals surface area contributed by atoms with Crippen LogP contribution in [-0.4, -0.2) is 50.1 Å². The van der Waals surface area contributed by atoms with Gasteiger partial charge in [-0.2, -0.15) is 0 Å². The zero-order valence-corrected chi connectivity index (χ0v) is 15.0. The van der Waals surface area contributed by atoms with Gasteiger partial charge in [0, 0.05) is 38.2 Å². The van der Waals surface area contributed by atoms with E-state index in [0.29, 0.717) is 4.90 Å². The summed E-state index contributed by atoms with van der Waals surface area (Å²) < 4.78 is 23.7. The van der Waals surface area contributed by atoms with Crippen LogP contribution < -0.4 is 5.32 Å². The Morgan fingerprint density at radius 3 is 2.38 bits per heavy atom. The summed E-state index contributed by atoms with van der Waals surface area (Å²) in [6.07, 6.45) is 1.22. The highest BCUT2D eigenvalue weighted by molar-refractivity contribution is 8.22. The number of sulfone groups is 1. The predicted molar refractivity (Wildman–Crippen MR) is 95.1 cm³/mol. The molecule has 0 radical (unpaired) electrons. The summed E-state index contributed by atoms with van der Waals surface area (Å²) in [5.41, 5.74) is 1.08. The summed E-state index contributed by atoms with van der Waals surface area (Å²) in [6.45, 7) is 3.87. The van der Waals surface area contributed by atoms with Crippen molar-refractivity contribution in [1.82, 2.24) is 10.2 Å². The second kappa shape index (κ2) is 8.33. The molecule has 0 atom stereocenters. The molecule has 0 unspecified atom stereocenters. The number of halogens is 1. The standard InChI is InChI=1S/C13H18N2O2S3.ClH/c1-20(16,17)12-4-2-11(3-5-12)10-19-13(18)15-8-6-14-7-9-15;/h2-5,14H,6-10H2,1H3;1H. The Hall–Kier alpha value is -0.340. The molecule has 1 saturated heterocycles. The van der Waals surface area contributed by atoms with Crippen molar-refractivity contribution in [1.29, 1.82) is 0 Å². The van der Waals surface area contributed by atoms with Crippen LogP contribution in [0.25, 0.3) is 0 Å². The lowest BCUT2D eigenvalue weighted by molar-refractivity contribution is 0.368. The topological polar surface area (TPSA) is 49.4 Å². The van der Waals surface area contributed by atoms with Crippen molar-refractivity contribution >= 4 is 50.5 Å².